The van der Waals surface area contributed by atoms with Crippen LogP contribution in [0.2, 0.25) is 0 Å². The third kappa shape index (κ3) is 5.65. The molecule has 0 unspecified atom stereocenters. The number of nitrogens with one attached hydrogen (secondary N) is 1. The van der Waals surface area contributed by atoms with Gasteiger partial charge in [-0.15, -0.1) is 18.3 Å². The summed E-state index contributed by atoms with van der Waals surface area (Å²) in [6.45, 7) is 8.21. The molecule has 2 amide bonds. The van der Waals surface area contributed by atoms with Crippen molar-refractivity contribution < 1.29 is 14.7 Å². The van der Waals surface area contributed by atoms with Crippen molar-refractivity contribution in [3.05, 3.63) is 47.3 Å². The summed E-state index contributed by atoms with van der Waals surface area (Å²) in [4.78, 5) is 31.5. The highest BCUT2D eigenvalue weighted by Crippen LogP contribution is 2.36. The highest BCUT2D eigenvalue weighted by Gasteiger charge is 2.55. The molecule has 2 aromatic rings. The van der Waals surface area contributed by atoms with Gasteiger partial charge in [-0.1, -0.05) is 43.4 Å². The second-order valence-electron chi connectivity index (χ2n) is 11.4. The SMILES string of the molecule is CC#CCN1C(=O)[C@@H]([C@H](O)C2CCCCC2)NC(=O)C12CCN(Cc1c(C)nn(-c3ccccc3)c1C)CC2.Cl. The Balaban J connectivity index is 0.00000370. The van der Waals surface area contributed by atoms with Crippen molar-refractivity contribution in [3.8, 4) is 17.5 Å². The number of hydrogen-bond acceptors (Lipinski definition) is 5. The number of carbonyl (C=O) groups excluding carboxylic acids is 2. The average Bonchev–Trinajstić information content (AvgIpc) is 3.25. The lowest BCUT2D eigenvalue weighted by molar-refractivity contribution is -0.164. The molecule has 1 spiro atoms. The van der Waals surface area contributed by atoms with Crippen LogP contribution in [0.15, 0.2) is 30.3 Å². The number of aryl methyl sites for hydroxylation is 1. The third-order valence-corrected chi connectivity index (χ3v) is 9.15. The van der Waals surface area contributed by atoms with E-state index in [1.165, 1.54) is 5.56 Å². The van der Waals surface area contributed by atoms with Gasteiger partial charge in [0.25, 0.3) is 0 Å². The normalized spacial score (nSPS) is 22.3. The second-order valence-corrected chi connectivity index (χ2v) is 11.4. The Morgan fingerprint density at radius 2 is 1.77 bits per heavy atom. The first kappa shape index (κ1) is 30.1. The minimum atomic E-state index is -0.932. The van der Waals surface area contributed by atoms with Gasteiger partial charge >= 0.3 is 0 Å². The molecule has 3 heterocycles. The average molecular weight is 568 g/mol. The second kappa shape index (κ2) is 12.8. The fourth-order valence-electron chi connectivity index (χ4n) is 6.73. The van der Waals surface area contributed by atoms with E-state index in [-0.39, 0.29) is 36.7 Å². The molecular formula is C31H42ClN5O3. The summed E-state index contributed by atoms with van der Waals surface area (Å²) in [7, 11) is 0. The van der Waals surface area contributed by atoms with Gasteiger partial charge in [-0.25, -0.2) is 4.68 Å². The number of piperazine rings is 1. The largest absolute Gasteiger partial charge is 0.390 e. The highest BCUT2D eigenvalue weighted by molar-refractivity contribution is 6.00. The topological polar surface area (TPSA) is 90.7 Å². The number of aliphatic hydroxyl groups is 1. The monoisotopic (exact) mass is 567 g/mol. The van der Waals surface area contributed by atoms with Gasteiger partial charge < -0.3 is 15.3 Å². The molecule has 1 aromatic heterocycles. The molecule has 1 aliphatic carbocycles. The van der Waals surface area contributed by atoms with Gasteiger partial charge in [0.15, 0.2) is 0 Å². The van der Waals surface area contributed by atoms with E-state index in [9.17, 15) is 14.7 Å². The van der Waals surface area contributed by atoms with Crippen LogP contribution in [0.4, 0.5) is 0 Å². The van der Waals surface area contributed by atoms with E-state index in [0.717, 1.165) is 55.7 Å². The van der Waals surface area contributed by atoms with Crippen LogP contribution in [-0.2, 0) is 16.1 Å². The molecule has 8 nitrogen and oxygen atoms in total. The Labute approximate surface area is 243 Å². The molecule has 9 heteroatoms. The lowest BCUT2D eigenvalue weighted by atomic mass is 9.78. The van der Waals surface area contributed by atoms with E-state index in [4.69, 9.17) is 5.10 Å². The van der Waals surface area contributed by atoms with E-state index in [2.05, 4.69) is 41.1 Å². The number of nitrogens with zero attached hydrogens (tertiary/aromatic N) is 4. The molecular weight excluding hydrogens is 526 g/mol. The number of aromatic nitrogens is 2. The molecule has 3 aliphatic rings. The predicted molar refractivity (Wildman–Crippen MR) is 157 cm³/mol. The van der Waals surface area contributed by atoms with Crippen molar-refractivity contribution in [3.63, 3.8) is 0 Å². The van der Waals surface area contributed by atoms with E-state index < -0.39 is 17.7 Å². The summed E-state index contributed by atoms with van der Waals surface area (Å²) in [5.74, 6) is 5.63. The molecule has 0 bridgehead atoms. The van der Waals surface area contributed by atoms with E-state index in [1.54, 1.807) is 11.8 Å². The Bertz CT molecular complexity index is 1250. The van der Waals surface area contributed by atoms with Crippen molar-refractivity contribution in [1.82, 2.24) is 24.9 Å². The molecule has 216 valence electrons. The van der Waals surface area contributed by atoms with Crippen molar-refractivity contribution in [1.29, 1.82) is 0 Å². The summed E-state index contributed by atoms with van der Waals surface area (Å²) in [5.41, 5.74) is 3.42. The van der Waals surface area contributed by atoms with Crippen LogP contribution in [0, 0.1) is 31.6 Å². The van der Waals surface area contributed by atoms with Gasteiger partial charge in [-0.2, -0.15) is 5.10 Å². The van der Waals surface area contributed by atoms with Gasteiger partial charge in [0.2, 0.25) is 11.8 Å². The number of aliphatic hydroxyl groups excluding tert-OH is 1. The van der Waals surface area contributed by atoms with Gasteiger partial charge in [-0.3, -0.25) is 14.5 Å². The number of likely N-dealkylation sites (tertiary alicyclic amines) is 1. The van der Waals surface area contributed by atoms with Crippen LogP contribution in [0.25, 0.3) is 5.69 Å². The molecule has 5 rings (SSSR count). The fraction of sp³-hybridized carbons (Fsp3) is 0.581. The van der Waals surface area contributed by atoms with Crippen LogP contribution in [0.5, 0.6) is 0 Å². The van der Waals surface area contributed by atoms with Gasteiger partial charge in [0.05, 0.1) is 24.0 Å². The first-order valence-corrected chi connectivity index (χ1v) is 14.4. The molecule has 1 aromatic carbocycles. The smallest absolute Gasteiger partial charge is 0.249 e. The summed E-state index contributed by atoms with van der Waals surface area (Å²) in [6.07, 6.45) is 5.29. The standard InChI is InChI=1S/C31H41N5O3.ClH/c1-4-5-18-35-29(38)27(28(37)24-12-8-6-9-13-24)32-30(39)31(35)16-19-34(20-17-31)21-26-22(2)33-36(23(26)3)25-14-10-7-11-15-25;/h7,10-11,14-15,24,27-28,37H,6,8-9,12-13,16-21H2,1-3H3,(H,32,39);1H/t27-,28-;/m1./s1. The van der Waals surface area contributed by atoms with E-state index in [1.807, 2.05) is 29.8 Å². The Hall–Kier alpha value is -2.86. The lowest BCUT2D eigenvalue weighted by Gasteiger charge is -2.52. The van der Waals surface area contributed by atoms with Gasteiger partial charge in [-0.05, 0) is 64.5 Å². The first-order chi connectivity index (χ1) is 18.9. The first-order valence-electron chi connectivity index (χ1n) is 14.4. The Kier molecular flexibility index (Phi) is 9.60. The maximum absolute atomic E-state index is 13.8. The van der Waals surface area contributed by atoms with Crippen LogP contribution < -0.4 is 5.32 Å². The van der Waals surface area contributed by atoms with Crippen LogP contribution in [0.3, 0.4) is 0 Å². The molecule has 0 radical (unpaired) electrons. The van der Waals surface area contributed by atoms with Crippen LogP contribution >= 0.6 is 12.4 Å². The number of para-hydroxylation sites is 1. The van der Waals surface area contributed by atoms with Gasteiger partial charge in [0.1, 0.15) is 11.6 Å². The highest BCUT2D eigenvalue weighted by atomic mass is 35.5. The molecule has 2 N–H and O–H groups in total. The molecule has 40 heavy (non-hydrogen) atoms. The third-order valence-electron chi connectivity index (χ3n) is 9.15. The van der Waals surface area contributed by atoms with Crippen molar-refractivity contribution >= 4 is 24.2 Å². The van der Waals surface area contributed by atoms with Crippen LogP contribution in [-0.4, -0.2) is 73.8 Å². The number of amides is 2. The van der Waals surface area contributed by atoms with Crippen molar-refractivity contribution in [2.24, 2.45) is 5.92 Å². The predicted octanol–water partition coefficient (Wildman–Crippen LogP) is 3.54. The zero-order chi connectivity index (χ0) is 27.6. The fourth-order valence-corrected chi connectivity index (χ4v) is 6.73. The molecule has 3 fully saturated rings. The lowest BCUT2D eigenvalue weighted by Crippen LogP contribution is -2.75. The number of rotatable bonds is 6. The van der Waals surface area contributed by atoms with Crippen molar-refractivity contribution in [2.75, 3.05) is 19.6 Å². The zero-order valence-corrected chi connectivity index (χ0v) is 24.7. The van der Waals surface area contributed by atoms with Crippen LogP contribution in [0.1, 0.15) is 68.8 Å². The van der Waals surface area contributed by atoms with Gasteiger partial charge in [0, 0.05) is 30.9 Å². The quantitative estimate of drug-likeness (QED) is 0.521. The summed E-state index contributed by atoms with van der Waals surface area (Å²) < 4.78 is 1.99. The number of hydrogen-bond donors (Lipinski definition) is 2. The van der Waals surface area contributed by atoms with E-state index in [0.29, 0.717) is 25.9 Å². The molecule has 2 atom stereocenters. The molecule has 1 saturated carbocycles. The number of halogens is 1. The Morgan fingerprint density at radius 3 is 2.42 bits per heavy atom. The maximum atomic E-state index is 13.8. The maximum Gasteiger partial charge on any atom is 0.249 e. The number of carbonyl (C=O) groups is 2. The minimum Gasteiger partial charge on any atom is -0.390 e. The van der Waals surface area contributed by atoms with E-state index >= 15 is 0 Å². The molecule has 2 saturated heterocycles. The minimum absolute atomic E-state index is 0. The summed E-state index contributed by atoms with van der Waals surface area (Å²) >= 11 is 0. The zero-order valence-electron chi connectivity index (χ0n) is 23.9. The summed E-state index contributed by atoms with van der Waals surface area (Å²) in [6, 6.07) is 9.24. The Morgan fingerprint density at radius 1 is 1.10 bits per heavy atom. The number of benzene rings is 1. The summed E-state index contributed by atoms with van der Waals surface area (Å²) in [5, 5.41) is 18.9. The molecule has 2 aliphatic heterocycles. The number of piperidine rings is 1. The van der Waals surface area contributed by atoms with Crippen molar-refractivity contribution in [2.45, 2.75) is 89.9 Å².